The molecule has 2 heterocycles. The van der Waals surface area contributed by atoms with E-state index < -0.39 is 17.7 Å². The van der Waals surface area contributed by atoms with Gasteiger partial charge in [-0.05, 0) is 23.3 Å². The van der Waals surface area contributed by atoms with Crippen LogP contribution in [0.3, 0.4) is 0 Å². The number of allylic oxidation sites excluding steroid dienone is 2. The fraction of sp³-hybridized carbons (Fsp3) is 0.154. The van der Waals surface area contributed by atoms with Gasteiger partial charge in [0.2, 0.25) is 0 Å². The predicted octanol–water partition coefficient (Wildman–Crippen LogP) is 3.47. The number of nitrogens with zero attached hydrogens (tertiary/aromatic N) is 2. The van der Waals surface area contributed by atoms with Crippen molar-refractivity contribution in [2.24, 2.45) is 11.8 Å². The third-order valence-electron chi connectivity index (χ3n) is 6.22. The highest BCUT2D eigenvalue weighted by atomic mass is 16.2. The van der Waals surface area contributed by atoms with Crippen molar-refractivity contribution in [2.45, 2.75) is 11.8 Å². The quantitative estimate of drug-likeness (QED) is 0.515. The number of nitrogens with one attached hydrogen (secondary N) is 1. The molecule has 32 heavy (non-hydrogen) atoms. The summed E-state index contributed by atoms with van der Waals surface area (Å²) in [7, 11) is 0. The smallest absolute Gasteiger partial charge is 0.270 e. The molecule has 0 saturated carbocycles. The van der Waals surface area contributed by atoms with E-state index in [2.05, 4.69) is 10.4 Å². The Hall–Kier alpha value is -4.06. The van der Waals surface area contributed by atoms with Crippen molar-refractivity contribution in [1.82, 2.24) is 15.4 Å². The standard InChI is InChI=1S/C26H21N3O3/c30-24(19-13-15-27-16-14-19)28-29-25(31)22-20(17-7-3-1-4-8-17)11-12-21(23(22)26(29)32)18-9-5-2-6-10-18/h1-16,20-23H,(H,28,30)/t20-,21-,22-,23-/m1/s1. The van der Waals surface area contributed by atoms with Crippen LogP contribution in [0.4, 0.5) is 0 Å². The summed E-state index contributed by atoms with van der Waals surface area (Å²) in [4.78, 5) is 43.6. The first kappa shape index (κ1) is 19.9. The van der Waals surface area contributed by atoms with Gasteiger partial charge < -0.3 is 0 Å². The monoisotopic (exact) mass is 423 g/mol. The maximum Gasteiger partial charge on any atom is 0.270 e. The molecular weight excluding hydrogens is 402 g/mol. The summed E-state index contributed by atoms with van der Waals surface area (Å²) >= 11 is 0. The fourth-order valence-electron chi connectivity index (χ4n) is 4.71. The molecule has 6 heteroatoms. The summed E-state index contributed by atoms with van der Waals surface area (Å²) in [5.74, 6) is -2.99. The average molecular weight is 423 g/mol. The Bertz CT molecular complexity index is 1110. The minimum Gasteiger partial charge on any atom is -0.272 e. The molecule has 1 aliphatic carbocycles. The molecule has 0 radical (unpaired) electrons. The fourth-order valence-corrected chi connectivity index (χ4v) is 4.71. The minimum absolute atomic E-state index is 0.250. The van der Waals surface area contributed by atoms with E-state index in [1.807, 2.05) is 72.8 Å². The lowest BCUT2D eigenvalue weighted by Gasteiger charge is -2.32. The molecule has 5 rings (SSSR count). The molecule has 1 N–H and O–H groups in total. The van der Waals surface area contributed by atoms with Crippen LogP contribution in [-0.4, -0.2) is 27.7 Å². The van der Waals surface area contributed by atoms with Gasteiger partial charge in [-0.1, -0.05) is 72.8 Å². The van der Waals surface area contributed by atoms with Crippen molar-refractivity contribution >= 4 is 17.7 Å². The van der Waals surface area contributed by atoms with Crippen LogP contribution < -0.4 is 5.43 Å². The van der Waals surface area contributed by atoms with Gasteiger partial charge in [0.05, 0.1) is 11.8 Å². The van der Waals surface area contributed by atoms with E-state index in [9.17, 15) is 14.4 Å². The van der Waals surface area contributed by atoms with Crippen LogP contribution in [0.25, 0.3) is 0 Å². The summed E-state index contributed by atoms with van der Waals surface area (Å²) in [5, 5.41) is 0.914. The zero-order chi connectivity index (χ0) is 22.1. The molecule has 2 aromatic carbocycles. The zero-order valence-electron chi connectivity index (χ0n) is 17.2. The molecule has 4 atom stereocenters. The first-order valence-electron chi connectivity index (χ1n) is 10.5. The molecule has 1 aromatic heterocycles. The Kier molecular flexibility index (Phi) is 5.11. The summed E-state index contributed by atoms with van der Waals surface area (Å²) in [6, 6.07) is 22.5. The van der Waals surface area contributed by atoms with E-state index in [-0.39, 0.29) is 23.7 Å². The Morgan fingerprint density at radius 3 is 1.66 bits per heavy atom. The number of rotatable bonds is 4. The maximum atomic E-state index is 13.5. The third kappa shape index (κ3) is 3.39. The van der Waals surface area contributed by atoms with Crippen molar-refractivity contribution in [1.29, 1.82) is 0 Å². The summed E-state index contributed by atoms with van der Waals surface area (Å²) < 4.78 is 0. The number of benzene rings is 2. The van der Waals surface area contributed by atoms with Gasteiger partial charge in [0.1, 0.15) is 0 Å². The van der Waals surface area contributed by atoms with Crippen molar-refractivity contribution in [3.63, 3.8) is 0 Å². The normalized spacial score (nSPS) is 24.3. The largest absolute Gasteiger partial charge is 0.272 e. The van der Waals surface area contributed by atoms with Crippen molar-refractivity contribution < 1.29 is 14.4 Å². The number of pyridine rings is 1. The Labute approximate surface area is 185 Å². The van der Waals surface area contributed by atoms with Crippen LogP contribution >= 0.6 is 0 Å². The first-order valence-corrected chi connectivity index (χ1v) is 10.5. The summed E-state index contributed by atoms with van der Waals surface area (Å²) in [5.41, 5.74) is 4.79. The van der Waals surface area contributed by atoms with E-state index in [0.29, 0.717) is 5.56 Å². The number of hydrazine groups is 1. The minimum atomic E-state index is -0.599. The van der Waals surface area contributed by atoms with Crippen LogP contribution in [0.5, 0.6) is 0 Å². The van der Waals surface area contributed by atoms with E-state index >= 15 is 0 Å². The van der Waals surface area contributed by atoms with Crippen molar-refractivity contribution in [2.75, 3.05) is 0 Å². The number of amides is 3. The van der Waals surface area contributed by atoms with Crippen LogP contribution in [0.15, 0.2) is 97.3 Å². The van der Waals surface area contributed by atoms with Crippen LogP contribution in [0.2, 0.25) is 0 Å². The predicted molar refractivity (Wildman–Crippen MR) is 118 cm³/mol. The number of imide groups is 1. The van der Waals surface area contributed by atoms with Crippen LogP contribution in [-0.2, 0) is 9.59 Å². The molecule has 0 unspecified atom stereocenters. The van der Waals surface area contributed by atoms with E-state index in [1.54, 1.807) is 0 Å². The van der Waals surface area contributed by atoms with Gasteiger partial charge in [-0.15, -0.1) is 0 Å². The molecule has 6 nitrogen and oxygen atoms in total. The van der Waals surface area contributed by atoms with Gasteiger partial charge in [-0.3, -0.25) is 24.8 Å². The summed E-state index contributed by atoms with van der Waals surface area (Å²) in [6.07, 6.45) is 7.02. The summed E-state index contributed by atoms with van der Waals surface area (Å²) in [6.45, 7) is 0. The lowest BCUT2D eigenvalue weighted by atomic mass is 9.68. The second kappa shape index (κ2) is 8.23. The number of hydrogen-bond acceptors (Lipinski definition) is 4. The van der Waals surface area contributed by atoms with Gasteiger partial charge in [0.15, 0.2) is 0 Å². The second-order valence-electron chi connectivity index (χ2n) is 8.00. The van der Waals surface area contributed by atoms with Gasteiger partial charge >= 0.3 is 0 Å². The van der Waals surface area contributed by atoms with Gasteiger partial charge in [-0.2, -0.15) is 5.01 Å². The highest BCUT2D eigenvalue weighted by molar-refractivity contribution is 6.09. The molecule has 3 aromatic rings. The number of carbonyl (C=O) groups is 3. The van der Waals surface area contributed by atoms with Gasteiger partial charge in [-0.25, -0.2) is 0 Å². The maximum absolute atomic E-state index is 13.5. The molecule has 158 valence electrons. The molecule has 0 spiro atoms. The Balaban J connectivity index is 1.53. The third-order valence-corrected chi connectivity index (χ3v) is 6.22. The van der Waals surface area contributed by atoms with E-state index in [4.69, 9.17) is 0 Å². The zero-order valence-corrected chi connectivity index (χ0v) is 17.2. The number of carbonyl (C=O) groups excluding carboxylic acids is 3. The Morgan fingerprint density at radius 2 is 1.19 bits per heavy atom. The van der Waals surface area contributed by atoms with E-state index in [1.165, 1.54) is 24.5 Å². The average Bonchev–Trinajstić information content (AvgIpc) is 3.10. The van der Waals surface area contributed by atoms with Crippen molar-refractivity contribution in [3.8, 4) is 0 Å². The van der Waals surface area contributed by atoms with E-state index in [0.717, 1.165) is 16.1 Å². The first-order chi connectivity index (χ1) is 15.6. The number of hydrogen-bond donors (Lipinski definition) is 1. The molecule has 1 saturated heterocycles. The highest BCUT2D eigenvalue weighted by Gasteiger charge is 2.55. The molecule has 1 aliphatic heterocycles. The second-order valence-corrected chi connectivity index (χ2v) is 8.00. The van der Waals surface area contributed by atoms with Crippen LogP contribution in [0.1, 0.15) is 33.3 Å². The van der Waals surface area contributed by atoms with Gasteiger partial charge in [0.25, 0.3) is 17.7 Å². The number of aromatic nitrogens is 1. The van der Waals surface area contributed by atoms with Crippen molar-refractivity contribution in [3.05, 3.63) is 114 Å². The Morgan fingerprint density at radius 1 is 0.719 bits per heavy atom. The lowest BCUT2D eigenvalue weighted by Crippen LogP contribution is -2.46. The molecule has 1 fully saturated rings. The lowest BCUT2D eigenvalue weighted by molar-refractivity contribution is -0.142. The highest BCUT2D eigenvalue weighted by Crippen LogP contribution is 2.48. The van der Waals surface area contributed by atoms with Crippen LogP contribution in [0, 0.1) is 11.8 Å². The molecule has 3 amide bonds. The topological polar surface area (TPSA) is 79.4 Å². The molecular formula is C26H21N3O3. The SMILES string of the molecule is O=C(NN1C(=O)[C@H]2[C@H](C1=O)[C@@H](c1ccccc1)C=C[C@@H]2c1ccccc1)c1ccncc1. The molecule has 2 aliphatic rings. The molecule has 0 bridgehead atoms. The van der Waals surface area contributed by atoms with Gasteiger partial charge in [0, 0.05) is 29.8 Å². The number of fused-ring (bicyclic) bond motifs is 1.